The molecule has 0 spiro atoms. The van der Waals surface area contributed by atoms with Crippen LogP contribution in [-0.2, 0) is 10.5 Å². The summed E-state index contributed by atoms with van der Waals surface area (Å²) >= 11 is 7.45. The number of rotatable bonds is 10. The largest absolute Gasteiger partial charge is 0.490 e. The fourth-order valence-corrected chi connectivity index (χ4v) is 3.23. The maximum Gasteiger partial charge on any atom is 0.250 e. The number of ether oxygens (including phenoxy) is 2. The zero-order valence-electron chi connectivity index (χ0n) is 15.4. The molecular weight excluding hydrogens is 384 g/mol. The number of benzene rings is 2. The van der Waals surface area contributed by atoms with E-state index in [1.165, 1.54) is 11.8 Å². The zero-order valence-corrected chi connectivity index (χ0v) is 17.0. The fourth-order valence-electron chi connectivity index (χ4n) is 2.25. The second-order valence-electron chi connectivity index (χ2n) is 5.49. The first-order valence-corrected chi connectivity index (χ1v) is 10.2. The van der Waals surface area contributed by atoms with E-state index >= 15 is 0 Å². The highest BCUT2D eigenvalue weighted by Crippen LogP contribution is 2.28. The van der Waals surface area contributed by atoms with Gasteiger partial charge in [-0.05, 0) is 55.3 Å². The number of hydrogen-bond donors (Lipinski definition) is 1. The van der Waals surface area contributed by atoms with Gasteiger partial charge in [0.15, 0.2) is 11.5 Å². The van der Waals surface area contributed by atoms with Crippen molar-refractivity contribution in [2.24, 2.45) is 5.10 Å². The van der Waals surface area contributed by atoms with Gasteiger partial charge in [-0.3, -0.25) is 4.79 Å². The van der Waals surface area contributed by atoms with Crippen molar-refractivity contribution in [1.82, 2.24) is 5.43 Å². The number of hydrogen-bond acceptors (Lipinski definition) is 5. The fraction of sp³-hybridized carbons (Fsp3) is 0.300. The van der Waals surface area contributed by atoms with E-state index in [4.69, 9.17) is 21.1 Å². The summed E-state index contributed by atoms with van der Waals surface area (Å²) in [7, 11) is 0. The summed E-state index contributed by atoms with van der Waals surface area (Å²) in [5, 5.41) is 4.70. The molecule has 0 aromatic heterocycles. The molecule has 0 saturated heterocycles. The van der Waals surface area contributed by atoms with Crippen molar-refractivity contribution in [2.75, 3.05) is 19.0 Å². The van der Waals surface area contributed by atoms with E-state index < -0.39 is 0 Å². The van der Waals surface area contributed by atoms with Crippen molar-refractivity contribution in [3.63, 3.8) is 0 Å². The van der Waals surface area contributed by atoms with Gasteiger partial charge in [-0.2, -0.15) is 5.10 Å². The van der Waals surface area contributed by atoms with E-state index in [9.17, 15) is 4.79 Å². The number of carbonyl (C=O) groups is 1. The summed E-state index contributed by atoms with van der Waals surface area (Å²) in [5.74, 6) is 2.23. The molecule has 0 aliphatic carbocycles. The molecule has 0 saturated carbocycles. The Kier molecular flexibility index (Phi) is 9.01. The van der Waals surface area contributed by atoms with Crippen molar-refractivity contribution in [2.45, 2.75) is 19.6 Å². The van der Waals surface area contributed by atoms with Crippen LogP contribution in [0.15, 0.2) is 47.6 Å². The Balaban J connectivity index is 1.81. The normalized spacial score (nSPS) is 10.8. The van der Waals surface area contributed by atoms with E-state index in [0.29, 0.717) is 41.2 Å². The van der Waals surface area contributed by atoms with Crippen LogP contribution in [0.5, 0.6) is 11.5 Å². The molecule has 2 rings (SSSR count). The van der Waals surface area contributed by atoms with Gasteiger partial charge in [-0.1, -0.05) is 23.7 Å². The van der Waals surface area contributed by atoms with Crippen molar-refractivity contribution < 1.29 is 14.3 Å². The smallest absolute Gasteiger partial charge is 0.250 e. The summed E-state index contributed by atoms with van der Waals surface area (Å²) in [6.45, 7) is 4.94. The van der Waals surface area contributed by atoms with Gasteiger partial charge < -0.3 is 9.47 Å². The number of nitrogens with one attached hydrogen (secondary N) is 1. The highest BCUT2D eigenvalue weighted by Gasteiger charge is 2.05. The Labute approximate surface area is 169 Å². The SMILES string of the molecule is CCOc1ccc(/C=N\NC(=O)CSCc2cccc(Cl)c2)cc1OCC. The summed E-state index contributed by atoms with van der Waals surface area (Å²) in [6, 6.07) is 13.1. The first kappa shape index (κ1) is 21.1. The quantitative estimate of drug-likeness (QED) is 0.465. The Hall–Kier alpha value is -2.18. The number of thioether (sulfide) groups is 1. The summed E-state index contributed by atoms with van der Waals surface area (Å²) in [6.07, 6.45) is 1.58. The van der Waals surface area contributed by atoms with Gasteiger partial charge in [0.2, 0.25) is 5.91 Å². The predicted octanol–water partition coefficient (Wildman–Crippen LogP) is 4.52. The Morgan fingerprint density at radius 1 is 1.15 bits per heavy atom. The van der Waals surface area contributed by atoms with Gasteiger partial charge in [0.05, 0.1) is 25.2 Å². The number of halogens is 1. The van der Waals surface area contributed by atoms with Crippen molar-refractivity contribution >= 4 is 35.5 Å². The van der Waals surface area contributed by atoms with Crippen molar-refractivity contribution in [3.8, 4) is 11.5 Å². The van der Waals surface area contributed by atoms with Crippen molar-refractivity contribution in [1.29, 1.82) is 0 Å². The van der Waals surface area contributed by atoms with E-state index in [2.05, 4.69) is 10.5 Å². The molecule has 0 aliphatic rings. The standard InChI is InChI=1S/C20H23ClN2O3S/c1-3-25-18-9-8-15(11-19(18)26-4-2)12-22-23-20(24)14-27-13-16-6-5-7-17(21)10-16/h5-12H,3-4,13-14H2,1-2H3,(H,23,24)/b22-12-. The summed E-state index contributed by atoms with van der Waals surface area (Å²) in [5.41, 5.74) is 4.43. The minimum atomic E-state index is -0.158. The molecule has 0 radical (unpaired) electrons. The molecule has 0 unspecified atom stereocenters. The third-order valence-electron chi connectivity index (χ3n) is 3.36. The minimum Gasteiger partial charge on any atom is -0.490 e. The van der Waals surface area contributed by atoms with Crippen LogP contribution in [-0.4, -0.2) is 31.1 Å². The van der Waals surface area contributed by atoms with Crippen LogP contribution in [0, 0.1) is 0 Å². The van der Waals surface area contributed by atoms with Crippen LogP contribution in [0.4, 0.5) is 0 Å². The Morgan fingerprint density at radius 2 is 1.93 bits per heavy atom. The van der Waals surface area contributed by atoms with Crippen LogP contribution in [0.25, 0.3) is 0 Å². The highest BCUT2D eigenvalue weighted by atomic mass is 35.5. The van der Waals surface area contributed by atoms with E-state index in [-0.39, 0.29) is 5.91 Å². The molecule has 2 aromatic carbocycles. The molecule has 0 fully saturated rings. The lowest BCUT2D eigenvalue weighted by molar-refractivity contribution is -0.118. The molecule has 0 atom stereocenters. The molecule has 0 heterocycles. The van der Waals surface area contributed by atoms with Crippen molar-refractivity contribution in [3.05, 3.63) is 58.6 Å². The molecular formula is C20H23ClN2O3S. The van der Waals surface area contributed by atoms with Gasteiger partial charge in [-0.15, -0.1) is 11.8 Å². The molecule has 0 aliphatic heterocycles. The zero-order chi connectivity index (χ0) is 19.5. The maximum absolute atomic E-state index is 11.9. The van der Waals surface area contributed by atoms with Crippen LogP contribution in [0.1, 0.15) is 25.0 Å². The average molecular weight is 407 g/mol. The lowest BCUT2D eigenvalue weighted by Crippen LogP contribution is -2.19. The van der Waals surface area contributed by atoms with Gasteiger partial charge in [0, 0.05) is 10.8 Å². The molecule has 0 bridgehead atoms. The van der Waals surface area contributed by atoms with E-state index in [1.807, 2.05) is 56.3 Å². The molecule has 5 nitrogen and oxygen atoms in total. The average Bonchev–Trinajstić information content (AvgIpc) is 2.64. The van der Waals surface area contributed by atoms with Gasteiger partial charge in [0.1, 0.15) is 0 Å². The van der Waals surface area contributed by atoms with Crippen LogP contribution in [0.2, 0.25) is 5.02 Å². The second-order valence-corrected chi connectivity index (χ2v) is 6.91. The first-order chi connectivity index (χ1) is 13.1. The highest BCUT2D eigenvalue weighted by molar-refractivity contribution is 7.99. The molecule has 27 heavy (non-hydrogen) atoms. The minimum absolute atomic E-state index is 0.158. The van der Waals surface area contributed by atoms with Crippen LogP contribution >= 0.6 is 23.4 Å². The number of nitrogens with zero attached hydrogens (tertiary/aromatic N) is 1. The lowest BCUT2D eigenvalue weighted by atomic mass is 10.2. The van der Waals surface area contributed by atoms with E-state index in [1.54, 1.807) is 6.21 Å². The topological polar surface area (TPSA) is 59.9 Å². The van der Waals surface area contributed by atoms with Gasteiger partial charge in [-0.25, -0.2) is 5.43 Å². The number of carbonyl (C=O) groups excluding carboxylic acids is 1. The molecule has 1 N–H and O–H groups in total. The third-order valence-corrected chi connectivity index (χ3v) is 4.60. The first-order valence-electron chi connectivity index (χ1n) is 8.66. The summed E-state index contributed by atoms with van der Waals surface area (Å²) < 4.78 is 11.1. The summed E-state index contributed by atoms with van der Waals surface area (Å²) in [4.78, 5) is 11.9. The molecule has 1 amide bonds. The third kappa shape index (κ3) is 7.53. The van der Waals surface area contributed by atoms with Crippen LogP contribution in [0.3, 0.4) is 0 Å². The van der Waals surface area contributed by atoms with E-state index in [0.717, 1.165) is 11.1 Å². The van der Waals surface area contributed by atoms with Gasteiger partial charge >= 0.3 is 0 Å². The predicted molar refractivity (Wildman–Crippen MR) is 112 cm³/mol. The number of hydrazone groups is 1. The molecule has 144 valence electrons. The molecule has 2 aromatic rings. The van der Waals surface area contributed by atoms with Gasteiger partial charge in [0.25, 0.3) is 0 Å². The maximum atomic E-state index is 11.9. The van der Waals surface area contributed by atoms with Crippen LogP contribution < -0.4 is 14.9 Å². The molecule has 7 heteroatoms. The Morgan fingerprint density at radius 3 is 2.67 bits per heavy atom. The monoisotopic (exact) mass is 406 g/mol. The number of amides is 1. The second kappa shape index (κ2) is 11.5. The lowest BCUT2D eigenvalue weighted by Gasteiger charge is -2.11. The Bertz CT molecular complexity index is 784.